The van der Waals surface area contributed by atoms with E-state index in [1.165, 1.54) is 21.2 Å². The first-order chi connectivity index (χ1) is 3.56. The number of hydrogen-bond donors (Lipinski definition) is 0. The standard InChI is InChI=1S/C6H16Si2/c1-5-7-6-8(2,3)4/h5-6H2,1-4H3. The minimum atomic E-state index is -0.666. The highest BCUT2D eigenvalue weighted by molar-refractivity contribution is 6.83. The van der Waals surface area contributed by atoms with Crippen LogP contribution in [0.4, 0.5) is 0 Å². The van der Waals surface area contributed by atoms with Crippen molar-refractivity contribution in [2.24, 2.45) is 0 Å². The van der Waals surface area contributed by atoms with Gasteiger partial charge in [0, 0.05) is 17.6 Å². The van der Waals surface area contributed by atoms with Gasteiger partial charge in [0.2, 0.25) is 0 Å². The monoisotopic (exact) mass is 144 g/mol. The summed E-state index contributed by atoms with van der Waals surface area (Å²) < 4.78 is 0. The second-order valence-electron chi connectivity index (χ2n) is 3.34. The second kappa shape index (κ2) is 3.46. The van der Waals surface area contributed by atoms with E-state index in [4.69, 9.17) is 0 Å². The molecule has 48 valence electrons. The maximum atomic E-state index is 2.44. The lowest BCUT2D eigenvalue weighted by Crippen LogP contribution is -2.21. The van der Waals surface area contributed by atoms with Crippen molar-refractivity contribution in [1.82, 2.24) is 0 Å². The quantitative estimate of drug-likeness (QED) is 0.534. The molecular weight excluding hydrogens is 128 g/mol. The lowest BCUT2D eigenvalue weighted by atomic mass is 11.0. The molecule has 0 bridgehead atoms. The first kappa shape index (κ1) is 8.43. The zero-order valence-corrected chi connectivity index (χ0v) is 8.41. The molecule has 0 fully saturated rings. The maximum Gasteiger partial charge on any atom is 0.0412 e. The zero-order valence-electron chi connectivity index (χ0n) is 6.41. The zero-order chi connectivity index (χ0) is 6.62. The van der Waals surface area contributed by atoms with Gasteiger partial charge in [0.25, 0.3) is 0 Å². The highest BCUT2D eigenvalue weighted by Gasteiger charge is 2.10. The third-order valence-corrected chi connectivity index (χ3v) is 6.65. The lowest BCUT2D eigenvalue weighted by Gasteiger charge is -2.13. The first-order valence-electron chi connectivity index (χ1n) is 3.27. The molecule has 0 heterocycles. The average Bonchev–Trinajstić information content (AvgIpc) is 1.59. The normalized spacial score (nSPS) is 12.0. The van der Waals surface area contributed by atoms with Crippen molar-refractivity contribution < 1.29 is 0 Å². The van der Waals surface area contributed by atoms with Crippen LogP contribution in [-0.4, -0.2) is 17.6 Å². The summed E-state index contributed by atoms with van der Waals surface area (Å²) in [4.78, 5) is 0. The van der Waals surface area contributed by atoms with Crippen LogP contribution in [0.1, 0.15) is 6.92 Å². The summed E-state index contributed by atoms with van der Waals surface area (Å²) in [5, 5.41) is 0. The predicted molar refractivity (Wildman–Crippen MR) is 44.4 cm³/mol. The molecule has 0 aromatic rings. The highest BCUT2D eigenvalue weighted by Crippen LogP contribution is 2.06. The Morgan fingerprint density at radius 3 is 1.88 bits per heavy atom. The Morgan fingerprint density at radius 1 is 1.25 bits per heavy atom. The molecule has 0 aromatic carbocycles. The molecule has 0 saturated heterocycles. The largest absolute Gasteiger partial charge is 0.0698 e. The molecule has 0 atom stereocenters. The van der Waals surface area contributed by atoms with Crippen LogP contribution in [0.2, 0.25) is 31.4 Å². The van der Waals surface area contributed by atoms with E-state index < -0.39 is 8.07 Å². The van der Waals surface area contributed by atoms with Crippen molar-refractivity contribution in [2.75, 3.05) is 0 Å². The van der Waals surface area contributed by atoms with E-state index in [1.807, 2.05) is 0 Å². The highest BCUT2D eigenvalue weighted by atomic mass is 28.4. The SMILES string of the molecule is CC[Si]C[Si](C)(C)C. The fraction of sp³-hybridized carbons (Fsp3) is 1.00. The van der Waals surface area contributed by atoms with Gasteiger partial charge in [-0.25, -0.2) is 0 Å². The first-order valence-corrected chi connectivity index (χ1v) is 8.39. The lowest BCUT2D eigenvalue weighted by molar-refractivity contribution is 1.43. The predicted octanol–water partition coefficient (Wildman–Crippen LogP) is 2.42. The molecule has 0 unspecified atom stereocenters. The van der Waals surface area contributed by atoms with Crippen LogP contribution in [0.5, 0.6) is 0 Å². The smallest absolute Gasteiger partial charge is 0.0412 e. The Labute approximate surface area is 56.5 Å². The van der Waals surface area contributed by atoms with Crippen LogP contribution in [0, 0.1) is 0 Å². The summed E-state index contributed by atoms with van der Waals surface area (Å²) >= 11 is 0. The van der Waals surface area contributed by atoms with Crippen LogP contribution in [-0.2, 0) is 0 Å². The molecule has 0 amide bonds. The maximum absolute atomic E-state index is 2.44. The molecule has 0 aliphatic heterocycles. The van der Waals surface area contributed by atoms with Crippen LogP contribution in [0.25, 0.3) is 0 Å². The fourth-order valence-corrected chi connectivity index (χ4v) is 4.50. The summed E-state index contributed by atoms with van der Waals surface area (Å²) in [6, 6.07) is 1.39. The van der Waals surface area contributed by atoms with Gasteiger partial charge in [0.1, 0.15) is 0 Å². The Balaban J connectivity index is 3.11. The summed E-state index contributed by atoms with van der Waals surface area (Å²) in [5.41, 5.74) is 1.53. The molecule has 2 heteroatoms. The van der Waals surface area contributed by atoms with E-state index in [9.17, 15) is 0 Å². The van der Waals surface area contributed by atoms with Gasteiger partial charge in [0.05, 0.1) is 0 Å². The number of rotatable bonds is 3. The summed E-state index contributed by atoms with van der Waals surface area (Å²) in [6.45, 7) is 9.60. The van der Waals surface area contributed by atoms with E-state index in [-0.39, 0.29) is 0 Å². The van der Waals surface area contributed by atoms with Crippen LogP contribution >= 0.6 is 0 Å². The summed E-state index contributed by atoms with van der Waals surface area (Å²) in [5.74, 6) is 0. The Bertz CT molecular complexity index is 54.0. The third kappa shape index (κ3) is 6.43. The molecule has 0 aromatic heterocycles. The van der Waals surface area contributed by atoms with Crippen LogP contribution < -0.4 is 0 Å². The van der Waals surface area contributed by atoms with Gasteiger partial charge in [-0.15, -0.1) is 0 Å². The summed E-state index contributed by atoms with van der Waals surface area (Å²) in [7, 11) is 0.562. The molecule has 0 saturated carbocycles. The van der Waals surface area contributed by atoms with E-state index in [2.05, 4.69) is 26.6 Å². The number of hydrogen-bond acceptors (Lipinski definition) is 0. The molecule has 2 radical (unpaired) electrons. The van der Waals surface area contributed by atoms with Gasteiger partial charge in [-0.3, -0.25) is 0 Å². The molecule has 0 rings (SSSR count). The summed E-state index contributed by atoms with van der Waals surface area (Å²) in [6.07, 6.45) is 0. The topological polar surface area (TPSA) is 0 Å². The van der Waals surface area contributed by atoms with Gasteiger partial charge >= 0.3 is 0 Å². The molecule has 0 aliphatic rings. The van der Waals surface area contributed by atoms with Gasteiger partial charge in [-0.1, -0.05) is 38.3 Å². The third-order valence-electron chi connectivity index (χ3n) is 0.905. The fourth-order valence-electron chi connectivity index (χ4n) is 0.500. The average molecular weight is 144 g/mol. The van der Waals surface area contributed by atoms with Crippen molar-refractivity contribution in [3.05, 3.63) is 0 Å². The van der Waals surface area contributed by atoms with Crippen molar-refractivity contribution in [3.63, 3.8) is 0 Å². The van der Waals surface area contributed by atoms with E-state index >= 15 is 0 Å². The molecule has 0 N–H and O–H groups in total. The molecule has 0 nitrogen and oxygen atoms in total. The second-order valence-corrected chi connectivity index (χ2v) is 11.1. The Kier molecular flexibility index (Phi) is 3.65. The van der Waals surface area contributed by atoms with E-state index in [0.717, 1.165) is 0 Å². The molecular formula is C6H16Si2. The molecule has 0 spiro atoms. The van der Waals surface area contributed by atoms with Crippen molar-refractivity contribution >= 4 is 17.6 Å². The van der Waals surface area contributed by atoms with E-state index in [0.29, 0.717) is 0 Å². The van der Waals surface area contributed by atoms with Crippen molar-refractivity contribution in [2.45, 2.75) is 38.3 Å². The minimum Gasteiger partial charge on any atom is -0.0698 e. The van der Waals surface area contributed by atoms with Crippen molar-refractivity contribution in [3.8, 4) is 0 Å². The minimum absolute atomic E-state index is 0.666. The Morgan fingerprint density at radius 2 is 1.75 bits per heavy atom. The van der Waals surface area contributed by atoms with Gasteiger partial charge in [-0.2, -0.15) is 0 Å². The van der Waals surface area contributed by atoms with Gasteiger partial charge in [-0.05, 0) is 0 Å². The van der Waals surface area contributed by atoms with E-state index in [1.54, 1.807) is 0 Å². The van der Waals surface area contributed by atoms with Crippen LogP contribution in [0.3, 0.4) is 0 Å². The van der Waals surface area contributed by atoms with Gasteiger partial charge < -0.3 is 0 Å². The molecule has 0 aliphatic carbocycles. The van der Waals surface area contributed by atoms with Crippen LogP contribution in [0.15, 0.2) is 0 Å². The molecule has 8 heavy (non-hydrogen) atoms. The Hall–Kier alpha value is 0.434. The van der Waals surface area contributed by atoms with Gasteiger partial charge in [0.15, 0.2) is 0 Å². The van der Waals surface area contributed by atoms with Crippen molar-refractivity contribution in [1.29, 1.82) is 0 Å².